The van der Waals surface area contributed by atoms with Crippen molar-refractivity contribution in [3.63, 3.8) is 0 Å². The lowest BCUT2D eigenvalue weighted by Crippen LogP contribution is -2.34. The summed E-state index contributed by atoms with van der Waals surface area (Å²) in [6, 6.07) is 3.82. The van der Waals surface area contributed by atoms with E-state index >= 15 is 0 Å². The molecular weight excluding hydrogens is 443 g/mol. The first-order chi connectivity index (χ1) is 15.8. The van der Waals surface area contributed by atoms with Crippen LogP contribution in [0.3, 0.4) is 0 Å². The molecule has 3 aromatic rings. The summed E-state index contributed by atoms with van der Waals surface area (Å²) >= 11 is 0. The molecule has 3 heterocycles. The van der Waals surface area contributed by atoms with Gasteiger partial charge in [0.1, 0.15) is 12.3 Å². The molecule has 0 atom stereocenters. The van der Waals surface area contributed by atoms with E-state index in [1.54, 1.807) is 6.07 Å². The molecule has 1 aliphatic rings. The minimum absolute atomic E-state index is 0.0223. The van der Waals surface area contributed by atoms with E-state index in [2.05, 4.69) is 15.1 Å². The summed E-state index contributed by atoms with van der Waals surface area (Å²) in [4.78, 5) is 34.9. The number of aryl methyl sites for hydroxylation is 1. The highest BCUT2D eigenvalue weighted by atomic mass is 19.4. The third kappa shape index (κ3) is 4.45. The second kappa shape index (κ2) is 9.04. The fourth-order valence-electron chi connectivity index (χ4n) is 3.63. The predicted octanol–water partition coefficient (Wildman–Crippen LogP) is 3.83. The number of nitrogens with zero attached hydrogens (tertiary/aromatic N) is 5. The summed E-state index contributed by atoms with van der Waals surface area (Å²) in [5.74, 6) is -0.00000460. The normalized spacial score (nSPS) is 14.5. The SMILES string of the molecule is CCCc1c(OCCCN2CC(=O)N(c3ncccn3)C2=O)ccc2c(C(F)(F)F)noc12. The minimum Gasteiger partial charge on any atom is -0.493 e. The molecule has 0 radical (unpaired) electrons. The molecule has 12 heteroatoms. The Hall–Kier alpha value is -3.70. The topological polar surface area (TPSA) is 102 Å². The van der Waals surface area contributed by atoms with Crippen LogP contribution in [0.1, 0.15) is 31.0 Å². The quantitative estimate of drug-likeness (QED) is 0.370. The molecule has 1 saturated heterocycles. The Morgan fingerprint density at radius 2 is 1.94 bits per heavy atom. The Bertz CT molecular complexity index is 1170. The molecule has 0 spiro atoms. The Kier molecular flexibility index (Phi) is 6.16. The smallest absolute Gasteiger partial charge is 0.437 e. The molecule has 33 heavy (non-hydrogen) atoms. The minimum atomic E-state index is -4.62. The van der Waals surface area contributed by atoms with Crippen molar-refractivity contribution in [2.75, 3.05) is 24.6 Å². The average molecular weight is 463 g/mol. The number of rotatable bonds is 8. The van der Waals surface area contributed by atoms with Crippen LogP contribution in [0.2, 0.25) is 0 Å². The van der Waals surface area contributed by atoms with Gasteiger partial charge in [0, 0.05) is 24.5 Å². The van der Waals surface area contributed by atoms with Crippen LogP contribution in [0.25, 0.3) is 11.0 Å². The fourth-order valence-corrected chi connectivity index (χ4v) is 3.63. The highest BCUT2D eigenvalue weighted by Gasteiger charge is 2.39. The average Bonchev–Trinajstić information content (AvgIpc) is 3.34. The van der Waals surface area contributed by atoms with E-state index in [1.165, 1.54) is 29.4 Å². The zero-order valence-electron chi connectivity index (χ0n) is 17.6. The van der Waals surface area contributed by atoms with E-state index in [4.69, 9.17) is 9.26 Å². The monoisotopic (exact) mass is 463 g/mol. The van der Waals surface area contributed by atoms with Gasteiger partial charge in [0.25, 0.3) is 5.91 Å². The van der Waals surface area contributed by atoms with Gasteiger partial charge in [0.15, 0.2) is 11.3 Å². The Morgan fingerprint density at radius 1 is 1.18 bits per heavy atom. The molecule has 1 fully saturated rings. The van der Waals surface area contributed by atoms with Crippen LogP contribution in [0, 0.1) is 0 Å². The van der Waals surface area contributed by atoms with Gasteiger partial charge in [-0.25, -0.2) is 14.8 Å². The zero-order valence-corrected chi connectivity index (χ0v) is 17.6. The van der Waals surface area contributed by atoms with Gasteiger partial charge in [0.2, 0.25) is 5.95 Å². The first-order valence-electron chi connectivity index (χ1n) is 10.3. The molecule has 174 valence electrons. The van der Waals surface area contributed by atoms with Crippen molar-refractivity contribution >= 4 is 28.9 Å². The van der Waals surface area contributed by atoms with Crippen LogP contribution in [0.15, 0.2) is 35.1 Å². The number of urea groups is 1. The van der Waals surface area contributed by atoms with E-state index < -0.39 is 23.8 Å². The number of aromatic nitrogens is 3. The standard InChI is InChI=1S/C21H20F3N5O4/c1-2-5-13-15(7-6-14-17(13)33-27-18(14)21(22,23)24)32-11-4-10-28-12-16(30)29(20(28)31)19-25-8-3-9-26-19/h3,6-9H,2,4-5,10-12H2,1H3. The highest BCUT2D eigenvalue weighted by molar-refractivity contribution is 6.18. The number of alkyl halides is 3. The van der Waals surface area contributed by atoms with Crippen LogP contribution in [0.4, 0.5) is 23.9 Å². The van der Waals surface area contributed by atoms with Crippen molar-refractivity contribution in [3.05, 3.63) is 41.9 Å². The molecule has 3 amide bonds. The molecule has 1 aromatic carbocycles. The molecule has 9 nitrogen and oxygen atoms in total. The summed E-state index contributed by atoms with van der Waals surface area (Å²) in [6.07, 6.45) is -0.220. The lowest BCUT2D eigenvalue weighted by Gasteiger charge is -2.16. The molecule has 0 bridgehead atoms. The number of hydrogen-bond donors (Lipinski definition) is 0. The Labute approximate surface area is 186 Å². The molecule has 0 aliphatic carbocycles. The molecular formula is C21H20F3N5O4. The van der Waals surface area contributed by atoms with E-state index in [0.717, 1.165) is 4.90 Å². The summed E-state index contributed by atoms with van der Waals surface area (Å²) < 4.78 is 50.2. The van der Waals surface area contributed by atoms with Crippen LogP contribution in [-0.2, 0) is 17.4 Å². The van der Waals surface area contributed by atoms with E-state index in [1.807, 2.05) is 6.92 Å². The van der Waals surface area contributed by atoms with E-state index in [9.17, 15) is 22.8 Å². The first kappa shape index (κ1) is 22.5. The maximum atomic E-state index is 13.1. The van der Waals surface area contributed by atoms with Crippen LogP contribution < -0.4 is 9.64 Å². The number of amides is 3. The van der Waals surface area contributed by atoms with Gasteiger partial charge < -0.3 is 14.2 Å². The largest absolute Gasteiger partial charge is 0.493 e. The Morgan fingerprint density at radius 3 is 2.64 bits per heavy atom. The van der Waals surface area contributed by atoms with Crippen molar-refractivity contribution in [3.8, 4) is 5.75 Å². The molecule has 0 unspecified atom stereocenters. The van der Waals surface area contributed by atoms with E-state index in [0.29, 0.717) is 30.6 Å². The fraction of sp³-hybridized carbons (Fsp3) is 0.381. The van der Waals surface area contributed by atoms with Crippen molar-refractivity contribution in [1.29, 1.82) is 0 Å². The lowest BCUT2D eigenvalue weighted by atomic mass is 10.0. The summed E-state index contributed by atoms with van der Waals surface area (Å²) in [6.45, 7) is 2.23. The number of benzene rings is 1. The number of anilines is 1. The summed E-state index contributed by atoms with van der Waals surface area (Å²) in [5, 5.41) is 3.09. The number of ether oxygens (including phenoxy) is 1. The number of halogens is 3. The van der Waals surface area contributed by atoms with Crippen molar-refractivity contribution in [1.82, 2.24) is 20.0 Å². The number of carbonyl (C=O) groups excluding carboxylic acids is 2. The molecule has 0 saturated carbocycles. The van der Waals surface area contributed by atoms with Crippen LogP contribution in [-0.4, -0.2) is 51.7 Å². The van der Waals surface area contributed by atoms with Gasteiger partial charge in [0.05, 0.1) is 12.0 Å². The predicted molar refractivity (Wildman–Crippen MR) is 110 cm³/mol. The van der Waals surface area contributed by atoms with Crippen molar-refractivity contribution in [2.45, 2.75) is 32.4 Å². The maximum absolute atomic E-state index is 13.1. The molecule has 0 N–H and O–H groups in total. The van der Waals surface area contributed by atoms with Gasteiger partial charge in [-0.05, 0) is 31.0 Å². The van der Waals surface area contributed by atoms with Gasteiger partial charge in [-0.15, -0.1) is 0 Å². The highest BCUT2D eigenvalue weighted by Crippen LogP contribution is 2.38. The number of fused-ring (bicyclic) bond motifs is 1. The maximum Gasteiger partial charge on any atom is 0.437 e. The van der Waals surface area contributed by atoms with Gasteiger partial charge >= 0.3 is 12.2 Å². The van der Waals surface area contributed by atoms with Gasteiger partial charge in [-0.2, -0.15) is 18.1 Å². The van der Waals surface area contributed by atoms with Crippen LogP contribution in [0.5, 0.6) is 5.75 Å². The first-order valence-corrected chi connectivity index (χ1v) is 10.3. The van der Waals surface area contributed by atoms with Gasteiger partial charge in [-0.3, -0.25) is 4.79 Å². The second-order valence-corrected chi connectivity index (χ2v) is 7.38. The molecule has 4 rings (SSSR count). The van der Waals surface area contributed by atoms with Crippen molar-refractivity contribution in [2.24, 2.45) is 0 Å². The summed E-state index contributed by atoms with van der Waals surface area (Å²) in [5.41, 5.74) is -0.496. The lowest BCUT2D eigenvalue weighted by molar-refractivity contribution is -0.141. The zero-order chi connectivity index (χ0) is 23.6. The molecule has 1 aliphatic heterocycles. The van der Waals surface area contributed by atoms with E-state index in [-0.39, 0.29) is 36.6 Å². The summed E-state index contributed by atoms with van der Waals surface area (Å²) in [7, 11) is 0. The van der Waals surface area contributed by atoms with Gasteiger partial charge in [-0.1, -0.05) is 18.5 Å². The Balaban J connectivity index is 1.41. The third-order valence-corrected chi connectivity index (χ3v) is 5.09. The van der Waals surface area contributed by atoms with Crippen molar-refractivity contribution < 1.29 is 32.0 Å². The number of carbonyl (C=O) groups is 2. The second-order valence-electron chi connectivity index (χ2n) is 7.38. The molecule has 2 aromatic heterocycles. The van der Waals surface area contributed by atoms with Crippen LogP contribution >= 0.6 is 0 Å². The number of hydrogen-bond acceptors (Lipinski definition) is 7. The third-order valence-electron chi connectivity index (χ3n) is 5.09. The number of imide groups is 1.